The Bertz CT molecular complexity index is 426. The fraction of sp³-hybridized carbons (Fsp3) is 0.923. The zero-order valence-electron chi connectivity index (χ0n) is 12.4. The van der Waals surface area contributed by atoms with Gasteiger partial charge in [0.2, 0.25) is 10.0 Å². The van der Waals surface area contributed by atoms with Crippen LogP contribution in [0.3, 0.4) is 0 Å². The number of hydrogen-bond donors (Lipinski definition) is 0. The van der Waals surface area contributed by atoms with Crippen molar-refractivity contribution in [3.63, 3.8) is 0 Å². The molecule has 1 heterocycles. The smallest absolute Gasteiger partial charge is 0.219 e. The van der Waals surface area contributed by atoms with Crippen molar-refractivity contribution in [1.82, 2.24) is 9.21 Å². The Balaban J connectivity index is 2.66. The Labute approximate surface area is 117 Å². The summed E-state index contributed by atoms with van der Waals surface area (Å²) < 4.78 is 25.4. The first-order valence-corrected chi connectivity index (χ1v) is 8.31. The van der Waals surface area contributed by atoms with E-state index in [1.807, 2.05) is 0 Å². The lowest BCUT2D eigenvalue weighted by Gasteiger charge is -2.38. The summed E-state index contributed by atoms with van der Waals surface area (Å²) in [6.45, 7) is 9.51. The fourth-order valence-electron chi connectivity index (χ4n) is 2.25. The second-order valence-corrected chi connectivity index (χ2v) is 8.68. The molecule has 0 aromatic heterocycles. The van der Waals surface area contributed by atoms with Gasteiger partial charge in [0.1, 0.15) is 0 Å². The lowest BCUT2D eigenvalue weighted by molar-refractivity contribution is 0.155. The SMILES string of the molecule is CCCC(C#N)N1CCN(S(=O)(=O)C(C)(C)C)CC1. The van der Waals surface area contributed by atoms with Crippen molar-refractivity contribution in [2.75, 3.05) is 26.2 Å². The summed E-state index contributed by atoms with van der Waals surface area (Å²) in [5, 5.41) is 9.14. The standard InChI is InChI=1S/C13H25N3O2S/c1-5-6-12(11-14)15-7-9-16(10-8-15)19(17,18)13(2,3)4/h12H,5-10H2,1-4H3. The normalized spacial score (nSPS) is 21.0. The van der Waals surface area contributed by atoms with E-state index in [1.54, 1.807) is 25.1 Å². The van der Waals surface area contributed by atoms with Crippen LogP contribution in [0.1, 0.15) is 40.5 Å². The third kappa shape index (κ3) is 3.68. The van der Waals surface area contributed by atoms with Gasteiger partial charge in [-0.3, -0.25) is 4.90 Å². The summed E-state index contributed by atoms with van der Waals surface area (Å²) in [5.74, 6) is 0. The van der Waals surface area contributed by atoms with Gasteiger partial charge in [-0.1, -0.05) is 13.3 Å². The van der Waals surface area contributed by atoms with E-state index in [0.29, 0.717) is 26.2 Å². The van der Waals surface area contributed by atoms with Gasteiger partial charge in [-0.15, -0.1) is 0 Å². The van der Waals surface area contributed by atoms with Crippen LogP contribution in [-0.4, -0.2) is 54.6 Å². The molecule has 0 amide bonds. The molecule has 0 aromatic rings. The van der Waals surface area contributed by atoms with Crippen molar-refractivity contribution in [3.05, 3.63) is 0 Å². The van der Waals surface area contributed by atoms with E-state index in [4.69, 9.17) is 5.26 Å². The topological polar surface area (TPSA) is 64.4 Å². The van der Waals surface area contributed by atoms with E-state index in [2.05, 4.69) is 17.9 Å². The van der Waals surface area contributed by atoms with Gasteiger partial charge in [0.15, 0.2) is 0 Å². The second-order valence-electron chi connectivity index (χ2n) is 5.99. The third-order valence-electron chi connectivity index (χ3n) is 3.54. The maximum absolute atomic E-state index is 12.3. The molecule has 110 valence electrons. The molecule has 0 N–H and O–H groups in total. The Morgan fingerprint density at radius 2 is 1.74 bits per heavy atom. The molecule has 5 nitrogen and oxygen atoms in total. The van der Waals surface area contributed by atoms with Crippen LogP contribution in [0.2, 0.25) is 0 Å². The molecular weight excluding hydrogens is 262 g/mol. The molecule has 1 unspecified atom stereocenters. The van der Waals surface area contributed by atoms with Crippen molar-refractivity contribution >= 4 is 10.0 Å². The molecule has 0 aromatic carbocycles. The molecule has 0 radical (unpaired) electrons. The third-order valence-corrected chi connectivity index (χ3v) is 6.13. The minimum atomic E-state index is -3.24. The van der Waals surface area contributed by atoms with E-state index in [9.17, 15) is 8.42 Å². The minimum absolute atomic E-state index is 0.0792. The summed E-state index contributed by atoms with van der Waals surface area (Å²) in [5.41, 5.74) is 0. The molecule has 1 aliphatic heterocycles. The number of piperazine rings is 1. The summed E-state index contributed by atoms with van der Waals surface area (Å²) in [6.07, 6.45) is 1.82. The Kier molecular flexibility index (Phi) is 5.36. The molecule has 1 aliphatic rings. The zero-order valence-corrected chi connectivity index (χ0v) is 13.2. The van der Waals surface area contributed by atoms with Crippen LogP contribution in [0, 0.1) is 11.3 Å². The Morgan fingerprint density at radius 3 is 2.11 bits per heavy atom. The molecule has 1 saturated heterocycles. The van der Waals surface area contributed by atoms with Crippen molar-refractivity contribution < 1.29 is 8.42 Å². The molecule has 1 rings (SSSR count). The van der Waals surface area contributed by atoms with Crippen LogP contribution in [0.5, 0.6) is 0 Å². The number of nitriles is 1. The maximum atomic E-state index is 12.3. The minimum Gasteiger partial charge on any atom is -0.285 e. The van der Waals surface area contributed by atoms with Crippen LogP contribution in [0.25, 0.3) is 0 Å². The van der Waals surface area contributed by atoms with E-state index in [0.717, 1.165) is 12.8 Å². The van der Waals surface area contributed by atoms with Gasteiger partial charge in [0, 0.05) is 26.2 Å². The monoisotopic (exact) mass is 287 g/mol. The lowest BCUT2D eigenvalue weighted by Crippen LogP contribution is -2.54. The molecular formula is C13H25N3O2S. The summed E-state index contributed by atoms with van der Waals surface area (Å²) >= 11 is 0. The van der Waals surface area contributed by atoms with E-state index >= 15 is 0 Å². The maximum Gasteiger partial charge on any atom is 0.219 e. The van der Waals surface area contributed by atoms with Gasteiger partial charge >= 0.3 is 0 Å². The molecule has 0 spiro atoms. The molecule has 0 bridgehead atoms. The van der Waals surface area contributed by atoms with Gasteiger partial charge in [0.05, 0.1) is 16.9 Å². The van der Waals surface area contributed by atoms with Gasteiger partial charge in [-0.05, 0) is 27.2 Å². The van der Waals surface area contributed by atoms with Crippen LogP contribution >= 0.6 is 0 Å². The molecule has 6 heteroatoms. The number of hydrogen-bond acceptors (Lipinski definition) is 4. The number of sulfonamides is 1. The van der Waals surface area contributed by atoms with Crippen molar-refractivity contribution in [1.29, 1.82) is 5.26 Å². The largest absolute Gasteiger partial charge is 0.285 e. The predicted octanol–water partition coefficient (Wildman–Crippen LogP) is 1.42. The van der Waals surface area contributed by atoms with E-state index in [-0.39, 0.29) is 6.04 Å². The first-order chi connectivity index (χ1) is 8.74. The van der Waals surface area contributed by atoms with Gasteiger partial charge in [0.25, 0.3) is 0 Å². The van der Waals surface area contributed by atoms with E-state index in [1.165, 1.54) is 0 Å². The molecule has 1 fully saturated rings. The van der Waals surface area contributed by atoms with E-state index < -0.39 is 14.8 Å². The first-order valence-electron chi connectivity index (χ1n) is 6.87. The van der Waals surface area contributed by atoms with Crippen LogP contribution in [0.15, 0.2) is 0 Å². The summed E-state index contributed by atoms with van der Waals surface area (Å²) in [4.78, 5) is 2.10. The highest BCUT2D eigenvalue weighted by molar-refractivity contribution is 7.90. The predicted molar refractivity (Wildman–Crippen MR) is 76.1 cm³/mol. The summed E-state index contributed by atoms with van der Waals surface area (Å²) in [6, 6.07) is 2.24. The molecule has 0 saturated carbocycles. The molecule has 1 atom stereocenters. The van der Waals surface area contributed by atoms with Gasteiger partial charge in [-0.2, -0.15) is 9.57 Å². The summed E-state index contributed by atoms with van der Waals surface area (Å²) in [7, 11) is -3.24. The first kappa shape index (κ1) is 16.4. The van der Waals surface area contributed by atoms with Crippen LogP contribution in [0.4, 0.5) is 0 Å². The number of nitrogens with zero attached hydrogens (tertiary/aromatic N) is 3. The zero-order chi connectivity index (χ0) is 14.7. The Hall–Kier alpha value is -0.640. The fourth-order valence-corrected chi connectivity index (χ4v) is 3.66. The average Bonchev–Trinajstić information content (AvgIpc) is 2.35. The Morgan fingerprint density at radius 1 is 1.21 bits per heavy atom. The average molecular weight is 287 g/mol. The van der Waals surface area contributed by atoms with Gasteiger partial charge < -0.3 is 0 Å². The highest BCUT2D eigenvalue weighted by atomic mass is 32.2. The second kappa shape index (κ2) is 6.21. The van der Waals surface area contributed by atoms with Crippen LogP contribution < -0.4 is 0 Å². The quantitative estimate of drug-likeness (QED) is 0.784. The molecule has 19 heavy (non-hydrogen) atoms. The van der Waals surface area contributed by atoms with Crippen molar-refractivity contribution in [2.24, 2.45) is 0 Å². The van der Waals surface area contributed by atoms with Crippen molar-refractivity contribution in [3.8, 4) is 6.07 Å². The highest BCUT2D eigenvalue weighted by Gasteiger charge is 2.37. The van der Waals surface area contributed by atoms with Crippen molar-refractivity contribution in [2.45, 2.75) is 51.3 Å². The van der Waals surface area contributed by atoms with Gasteiger partial charge in [-0.25, -0.2) is 8.42 Å². The lowest BCUT2D eigenvalue weighted by atomic mass is 10.1. The van der Waals surface area contributed by atoms with Crippen LogP contribution in [-0.2, 0) is 10.0 Å². The highest BCUT2D eigenvalue weighted by Crippen LogP contribution is 2.22. The molecule has 0 aliphatic carbocycles. The number of rotatable bonds is 4.